The number of rotatable bonds is 3. The topological polar surface area (TPSA) is 26.0 Å². The molecular formula is C25H17NO. The molecule has 0 aliphatic rings. The summed E-state index contributed by atoms with van der Waals surface area (Å²) in [5, 5.41) is 2.28. The zero-order valence-electron chi connectivity index (χ0n) is 14.7. The molecule has 4 aromatic carbocycles. The Morgan fingerprint density at radius 2 is 1.44 bits per heavy atom. The van der Waals surface area contributed by atoms with Gasteiger partial charge in [0, 0.05) is 10.9 Å². The van der Waals surface area contributed by atoms with Gasteiger partial charge >= 0.3 is 0 Å². The quantitative estimate of drug-likeness (QED) is 0.335. The number of hydrogen-bond acceptors (Lipinski definition) is 2. The van der Waals surface area contributed by atoms with Gasteiger partial charge in [0.1, 0.15) is 5.52 Å². The first kappa shape index (κ1) is 15.6. The molecule has 5 rings (SSSR count). The minimum atomic E-state index is 0.648. The summed E-state index contributed by atoms with van der Waals surface area (Å²) in [6.45, 7) is 0. The van der Waals surface area contributed by atoms with Crippen LogP contribution in [0.5, 0.6) is 0 Å². The number of hydrogen-bond donors (Lipinski definition) is 0. The number of oxazole rings is 1. The third-order valence-corrected chi connectivity index (χ3v) is 4.73. The van der Waals surface area contributed by atoms with Crippen LogP contribution < -0.4 is 0 Å². The van der Waals surface area contributed by atoms with E-state index in [2.05, 4.69) is 54.6 Å². The molecular weight excluding hydrogens is 330 g/mol. The smallest absolute Gasteiger partial charge is 0.227 e. The molecule has 1 aromatic heterocycles. The molecule has 0 bridgehead atoms. The number of nitrogens with zero attached hydrogens (tertiary/aromatic N) is 1. The maximum Gasteiger partial charge on any atom is 0.227 e. The van der Waals surface area contributed by atoms with Gasteiger partial charge in [0.25, 0.3) is 0 Å². The van der Waals surface area contributed by atoms with Crippen molar-refractivity contribution in [2.24, 2.45) is 0 Å². The molecule has 0 aliphatic heterocycles. The molecule has 27 heavy (non-hydrogen) atoms. The molecule has 0 aliphatic carbocycles. The van der Waals surface area contributed by atoms with E-state index in [0.29, 0.717) is 5.89 Å². The van der Waals surface area contributed by atoms with E-state index in [-0.39, 0.29) is 0 Å². The van der Waals surface area contributed by atoms with Crippen LogP contribution in [0.15, 0.2) is 95.4 Å². The molecule has 1 heterocycles. The van der Waals surface area contributed by atoms with Crippen molar-refractivity contribution in [1.82, 2.24) is 4.98 Å². The Balaban J connectivity index is 1.63. The lowest BCUT2D eigenvalue weighted by Crippen LogP contribution is -1.83. The van der Waals surface area contributed by atoms with Crippen LogP contribution in [0.1, 0.15) is 11.1 Å². The average molecular weight is 347 g/mol. The van der Waals surface area contributed by atoms with Gasteiger partial charge in [-0.2, -0.15) is 0 Å². The highest BCUT2D eigenvalue weighted by atomic mass is 16.3. The van der Waals surface area contributed by atoms with Crippen LogP contribution in [0.2, 0.25) is 0 Å². The molecule has 0 spiro atoms. The van der Waals surface area contributed by atoms with Gasteiger partial charge in [-0.1, -0.05) is 91.0 Å². The number of aromatic nitrogens is 1. The normalized spacial score (nSPS) is 11.6. The Hall–Kier alpha value is -3.65. The standard InChI is InChI=1S/C25H17NO/c1-2-8-18(9-3-1)14-15-20-11-5-7-13-22(20)25-26-24-21-12-6-4-10-19(21)16-17-23(24)27-25/h1-17H. The van der Waals surface area contributed by atoms with Gasteiger partial charge in [0.15, 0.2) is 5.58 Å². The van der Waals surface area contributed by atoms with Gasteiger partial charge in [0.05, 0.1) is 0 Å². The van der Waals surface area contributed by atoms with Crippen molar-refractivity contribution >= 4 is 34.0 Å². The highest BCUT2D eigenvalue weighted by Gasteiger charge is 2.12. The molecule has 0 saturated heterocycles. The molecule has 0 N–H and O–H groups in total. The lowest BCUT2D eigenvalue weighted by molar-refractivity contribution is 0.620. The predicted octanol–water partition coefficient (Wildman–Crippen LogP) is 6.82. The summed E-state index contributed by atoms with van der Waals surface area (Å²) < 4.78 is 6.11. The van der Waals surface area contributed by atoms with E-state index in [1.807, 2.05) is 48.5 Å². The van der Waals surface area contributed by atoms with E-state index in [1.54, 1.807) is 0 Å². The molecule has 2 heteroatoms. The number of fused-ring (bicyclic) bond motifs is 3. The Labute approximate surface area is 157 Å². The zero-order chi connectivity index (χ0) is 18.1. The zero-order valence-corrected chi connectivity index (χ0v) is 14.7. The van der Waals surface area contributed by atoms with Crippen LogP contribution in [0, 0.1) is 0 Å². The Morgan fingerprint density at radius 3 is 2.37 bits per heavy atom. The van der Waals surface area contributed by atoms with Crippen molar-refractivity contribution < 1.29 is 4.42 Å². The summed E-state index contributed by atoms with van der Waals surface area (Å²) in [4.78, 5) is 4.83. The number of benzene rings is 4. The van der Waals surface area contributed by atoms with E-state index in [9.17, 15) is 0 Å². The molecule has 0 radical (unpaired) electrons. The SMILES string of the molecule is C(=Cc1ccccc1-c1nc2c(ccc3ccccc32)o1)c1ccccc1. The molecule has 0 fully saturated rings. The maximum atomic E-state index is 6.11. The van der Waals surface area contributed by atoms with Crippen molar-refractivity contribution in [2.75, 3.05) is 0 Å². The van der Waals surface area contributed by atoms with Crippen molar-refractivity contribution in [3.63, 3.8) is 0 Å². The maximum absolute atomic E-state index is 6.11. The van der Waals surface area contributed by atoms with Gasteiger partial charge in [0.2, 0.25) is 5.89 Å². The van der Waals surface area contributed by atoms with Crippen LogP contribution >= 0.6 is 0 Å². The van der Waals surface area contributed by atoms with Gasteiger partial charge in [-0.3, -0.25) is 0 Å². The summed E-state index contributed by atoms with van der Waals surface area (Å²) in [7, 11) is 0. The van der Waals surface area contributed by atoms with E-state index >= 15 is 0 Å². The van der Waals surface area contributed by atoms with Gasteiger partial charge in [-0.25, -0.2) is 4.98 Å². The average Bonchev–Trinajstić information content (AvgIpc) is 3.18. The van der Waals surface area contributed by atoms with Gasteiger partial charge in [-0.15, -0.1) is 0 Å². The second-order valence-electron chi connectivity index (χ2n) is 6.48. The van der Waals surface area contributed by atoms with Crippen molar-refractivity contribution in [1.29, 1.82) is 0 Å². The lowest BCUT2D eigenvalue weighted by atomic mass is 10.1. The van der Waals surface area contributed by atoms with E-state index in [0.717, 1.165) is 33.2 Å². The fraction of sp³-hybridized carbons (Fsp3) is 0. The van der Waals surface area contributed by atoms with Crippen LogP contribution in [0.25, 0.3) is 45.5 Å². The van der Waals surface area contributed by atoms with Crippen LogP contribution in [-0.4, -0.2) is 4.98 Å². The fourth-order valence-corrected chi connectivity index (χ4v) is 3.36. The van der Waals surface area contributed by atoms with Crippen LogP contribution in [0.4, 0.5) is 0 Å². The van der Waals surface area contributed by atoms with E-state index < -0.39 is 0 Å². The lowest BCUT2D eigenvalue weighted by Gasteiger charge is -2.01. The minimum absolute atomic E-state index is 0.648. The van der Waals surface area contributed by atoms with Crippen molar-refractivity contribution in [3.8, 4) is 11.5 Å². The molecule has 0 saturated carbocycles. The summed E-state index contributed by atoms with van der Waals surface area (Å²) in [5.74, 6) is 0.648. The Morgan fingerprint density at radius 1 is 0.667 bits per heavy atom. The second-order valence-corrected chi connectivity index (χ2v) is 6.48. The molecule has 0 atom stereocenters. The molecule has 0 amide bonds. The second kappa shape index (κ2) is 6.58. The largest absolute Gasteiger partial charge is 0.436 e. The first-order valence-corrected chi connectivity index (χ1v) is 8.99. The van der Waals surface area contributed by atoms with Crippen molar-refractivity contribution in [2.45, 2.75) is 0 Å². The highest BCUT2D eigenvalue weighted by molar-refractivity contribution is 6.04. The predicted molar refractivity (Wildman–Crippen MR) is 112 cm³/mol. The van der Waals surface area contributed by atoms with E-state index in [1.165, 1.54) is 5.39 Å². The monoisotopic (exact) mass is 347 g/mol. The minimum Gasteiger partial charge on any atom is -0.436 e. The molecule has 0 unspecified atom stereocenters. The van der Waals surface area contributed by atoms with Crippen molar-refractivity contribution in [3.05, 3.63) is 102 Å². The van der Waals surface area contributed by atoms with Gasteiger partial charge < -0.3 is 4.42 Å². The van der Waals surface area contributed by atoms with Crippen LogP contribution in [0.3, 0.4) is 0 Å². The highest BCUT2D eigenvalue weighted by Crippen LogP contribution is 2.31. The summed E-state index contributed by atoms with van der Waals surface area (Å²) in [5.41, 5.74) is 4.95. The summed E-state index contributed by atoms with van der Waals surface area (Å²) >= 11 is 0. The van der Waals surface area contributed by atoms with E-state index in [4.69, 9.17) is 9.40 Å². The van der Waals surface area contributed by atoms with Crippen LogP contribution in [-0.2, 0) is 0 Å². The Kier molecular flexibility index (Phi) is 3.80. The molecule has 128 valence electrons. The summed E-state index contributed by atoms with van der Waals surface area (Å²) in [6, 6.07) is 30.8. The fourth-order valence-electron chi connectivity index (χ4n) is 3.36. The summed E-state index contributed by atoms with van der Waals surface area (Å²) in [6.07, 6.45) is 4.22. The first-order valence-electron chi connectivity index (χ1n) is 8.99. The first-order chi connectivity index (χ1) is 13.4. The third kappa shape index (κ3) is 2.91. The molecule has 5 aromatic rings. The van der Waals surface area contributed by atoms with Gasteiger partial charge in [-0.05, 0) is 28.6 Å². The molecule has 2 nitrogen and oxygen atoms in total. The Bertz CT molecular complexity index is 1270. The third-order valence-electron chi connectivity index (χ3n) is 4.73.